The maximum Gasteiger partial charge on any atom is 0.346 e. The summed E-state index contributed by atoms with van der Waals surface area (Å²) in [6.07, 6.45) is 1.31. The first kappa shape index (κ1) is 18.9. The van der Waals surface area contributed by atoms with E-state index in [-0.39, 0.29) is 12.4 Å². The second-order valence-corrected chi connectivity index (χ2v) is 5.62. The number of rotatable bonds is 8. The molecule has 0 unspecified atom stereocenters. The molecule has 0 aliphatic rings. The van der Waals surface area contributed by atoms with Gasteiger partial charge in [-0.25, -0.2) is 4.98 Å². The van der Waals surface area contributed by atoms with Crippen LogP contribution in [0.2, 0.25) is 0 Å². The molecule has 0 fully saturated rings. The molecule has 0 amide bonds. The van der Waals surface area contributed by atoms with Gasteiger partial charge in [0.05, 0.1) is 34.8 Å². The summed E-state index contributed by atoms with van der Waals surface area (Å²) < 4.78 is 4.82. The SMILES string of the molecule is CCOC(=O)Cc1csc(NN=Cc2ccc([N+](=O)[O-])c([N+](=O)[O-])c2)n1. The van der Waals surface area contributed by atoms with Gasteiger partial charge in [-0.2, -0.15) is 5.10 Å². The van der Waals surface area contributed by atoms with Crippen molar-refractivity contribution in [2.45, 2.75) is 13.3 Å². The van der Waals surface area contributed by atoms with E-state index in [2.05, 4.69) is 15.5 Å². The van der Waals surface area contributed by atoms with Gasteiger partial charge >= 0.3 is 17.3 Å². The third kappa shape index (κ3) is 5.04. The van der Waals surface area contributed by atoms with Crippen LogP contribution in [0, 0.1) is 20.2 Å². The van der Waals surface area contributed by atoms with E-state index in [4.69, 9.17) is 4.74 Å². The molecule has 0 spiro atoms. The molecule has 2 rings (SSSR count). The lowest BCUT2D eigenvalue weighted by molar-refractivity contribution is -0.422. The zero-order valence-electron chi connectivity index (χ0n) is 13.4. The molecule has 0 bridgehead atoms. The van der Waals surface area contributed by atoms with Crippen LogP contribution >= 0.6 is 11.3 Å². The fourth-order valence-electron chi connectivity index (χ4n) is 1.88. The average molecular weight is 379 g/mol. The zero-order valence-corrected chi connectivity index (χ0v) is 14.3. The number of hydrogen-bond donors (Lipinski definition) is 1. The van der Waals surface area contributed by atoms with E-state index in [1.807, 2.05) is 0 Å². The first-order valence-electron chi connectivity index (χ1n) is 7.22. The largest absolute Gasteiger partial charge is 0.466 e. The van der Waals surface area contributed by atoms with Gasteiger partial charge < -0.3 is 4.74 Å². The van der Waals surface area contributed by atoms with Gasteiger partial charge in [-0.15, -0.1) is 11.3 Å². The molecule has 0 saturated carbocycles. The fraction of sp³-hybridized carbons (Fsp3) is 0.214. The van der Waals surface area contributed by atoms with E-state index in [1.165, 1.54) is 23.6 Å². The van der Waals surface area contributed by atoms with Gasteiger partial charge in [-0.3, -0.25) is 30.4 Å². The Bertz CT molecular complexity index is 865. The van der Waals surface area contributed by atoms with Crippen molar-refractivity contribution in [2.75, 3.05) is 12.0 Å². The van der Waals surface area contributed by atoms with Gasteiger partial charge in [0.25, 0.3) is 0 Å². The Labute approximate surface area is 150 Å². The quantitative estimate of drug-likeness (QED) is 0.318. The monoisotopic (exact) mass is 379 g/mol. The summed E-state index contributed by atoms with van der Waals surface area (Å²) in [7, 11) is 0. The Hall–Kier alpha value is -3.41. The number of esters is 1. The smallest absolute Gasteiger partial charge is 0.346 e. The highest BCUT2D eigenvalue weighted by Gasteiger charge is 2.23. The molecule has 1 heterocycles. The number of aromatic nitrogens is 1. The summed E-state index contributed by atoms with van der Waals surface area (Å²) >= 11 is 1.22. The number of hydrazone groups is 1. The van der Waals surface area contributed by atoms with E-state index in [0.29, 0.717) is 23.0 Å². The second-order valence-electron chi connectivity index (χ2n) is 4.76. The van der Waals surface area contributed by atoms with Gasteiger partial charge in [0.2, 0.25) is 5.13 Å². The number of carbonyl (C=O) groups excluding carboxylic acids is 1. The van der Waals surface area contributed by atoms with Crippen LogP contribution in [0.25, 0.3) is 0 Å². The van der Waals surface area contributed by atoms with Crippen molar-refractivity contribution in [3.63, 3.8) is 0 Å². The van der Waals surface area contributed by atoms with Crippen LogP contribution in [-0.4, -0.2) is 33.6 Å². The van der Waals surface area contributed by atoms with Crippen molar-refractivity contribution in [1.82, 2.24) is 4.98 Å². The maximum absolute atomic E-state index is 11.4. The molecule has 26 heavy (non-hydrogen) atoms. The minimum atomic E-state index is -0.828. The summed E-state index contributed by atoms with van der Waals surface area (Å²) in [5, 5.41) is 27.6. The van der Waals surface area contributed by atoms with Crippen LogP contribution in [0.4, 0.5) is 16.5 Å². The highest BCUT2D eigenvalue weighted by molar-refractivity contribution is 7.13. The van der Waals surface area contributed by atoms with Gasteiger partial charge in [-0.1, -0.05) is 0 Å². The van der Waals surface area contributed by atoms with Crippen LogP contribution in [0.3, 0.4) is 0 Å². The van der Waals surface area contributed by atoms with Gasteiger partial charge in [0.1, 0.15) is 0 Å². The summed E-state index contributed by atoms with van der Waals surface area (Å²) in [5.74, 6) is -0.383. The lowest BCUT2D eigenvalue weighted by Crippen LogP contribution is -2.07. The van der Waals surface area contributed by atoms with Crippen molar-refractivity contribution in [3.05, 3.63) is 55.1 Å². The van der Waals surface area contributed by atoms with E-state index < -0.39 is 21.2 Å². The second kappa shape index (κ2) is 8.62. The van der Waals surface area contributed by atoms with Crippen molar-refractivity contribution in [3.8, 4) is 0 Å². The number of nitro groups is 2. The molecule has 1 aromatic heterocycles. The molecule has 0 aliphatic heterocycles. The van der Waals surface area contributed by atoms with Crippen molar-refractivity contribution in [1.29, 1.82) is 0 Å². The number of nitro benzene ring substituents is 2. The zero-order chi connectivity index (χ0) is 19.1. The first-order valence-corrected chi connectivity index (χ1v) is 8.10. The number of nitrogens with zero attached hydrogens (tertiary/aromatic N) is 4. The molecule has 12 heteroatoms. The molecular formula is C14H13N5O6S. The topological polar surface area (TPSA) is 150 Å². The minimum Gasteiger partial charge on any atom is -0.466 e. The predicted molar refractivity (Wildman–Crippen MR) is 93.4 cm³/mol. The lowest BCUT2D eigenvalue weighted by atomic mass is 10.2. The van der Waals surface area contributed by atoms with Crippen LogP contribution in [0.5, 0.6) is 0 Å². The third-order valence-corrected chi connectivity index (χ3v) is 3.74. The Balaban J connectivity index is 2.03. The van der Waals surface area contributed by atoms with Crippen LogP contribution in [0.1, 0.15) is 18.2 Å². The van der Waals surface area contributed by atoms with E-state index in [9.17, 15) is 25.0 Å². The highest BCUT2D eigenvalue weighted by Crippen LogP contribution is 2.27. The molecule has 0 saturated heterocycles. The molecule has 1 N–H and O–H groups in total. The molecule has 1 aromatic carbocycles. The summed E-state index contributed by atoms with van der Waals surface area (Å²) in [6, 6.07) is 3.43. The standard InChI is InChI=1S/C14H13N5O6S/c1-2-25-13(20)6-10-8-26-14(16-10)17-15-7-9-3-4-11(18(21)22)12(5-9)19(23)24/h3-5,7-8H,2,6H2,1H3,(H,16,17). The minimum absolute atomic E-state index is 0.0459. The number of nitrogens with one attached hydrogen (secondary N) is 1. The number of thiazole rings is 1. The number of carbonyl (C=O) groups is 1. The van der Waals surface area contributed by atoms with E-state index in [1.54, 1.807) is 12.3 Å². The molecule has 2 aromatic rings. The summed E-state index contributed by atoms with van der Waals surface area (Å²) in [6.45, 7) is 2.00. The van der Waals surface area contributed by atoms with Crippen LogP contribution in [-0.2, 0) is 16.0 Å². The molecule has 11 nitrogen and oxygen atoms in total. The fourth-order valence-corrected chi connectivity index (χ4v) is 2.54. The van der Waals surface area contributed by atoms with E-state index >= 15 is 0 Å². The Morgan fingerprint density at radius 2 is 2.08 bits per heavy atom. The normalized spacial score (nSPS) is 10.7. The van der Waals surface area contributed by atoms with Gasteiger partial charge in [-0.05, 0) is 13.0 Å². The Morgan fingerprint density at radius 3 is 2.73 bits per heavy atom. The number of anilines is 1. The number of ether oxygens (including phenoxy) is 1. The number of hydrogen-bond acceptors (Lipinski definition) is 10. The Kier molecular flexibility index (Phi) is 6.27. The third-order valence-electron chi connectivity index (χ3n) is 2.95. The molecule has 136 valence electrons. The molecule has 0 radical (unpaired) electrons. The summed E-state index contributed by atoms with van der Waals surface area (Å²) in [5.41, 5.74) is 2.24. The van der Waals surface area contributed by atoms with Crippen LogP contribution < -0.4 is 5.43 Å². The number of benzene rings is 1. The highest BCUT2D eigenvalue weighted by atomic mass is 32.1. The van der Waals surface area contributed by atoms with Gasteiger partial charge in [0.15, 0.2) is 0 Å². The predicted octanol–water partition coefficient (Wildman–Crippen LogP) is 2.51. The maximum atomic E-state index is 11.4. The Morgan fingerprint density at radius 1 is 1.35 bits per heavy atom. The first-order chi connectivity index (χ1) is 12.4. The van der Waals surface area contributed by atoms with Crippen LogP contribution in [0.15, 0.2) is 28.7 Å². The van der Waals surface area contributed by atoms with Crippen molar-refractivity contribution >= 4 is 40.0 Å². The molecule has 0 atom stereocenters. The van der Waals surface area contributed by atoms with Gasteiger partial charge in [0, 0.05) is 23.1 Å². The summed E-state index contributed by atoms with van der Waals surface area (Å²) in [4.78, 5) is 35.5. The van der Waals surface area contributed by atoms with Crippen molar-refractivity contribution < 1.29 is 19.4 Å². The lowest BCUT2D eigenvalue weighted by Gasteiger charge is -1.98. The van der Waals surface area contributed by atoms with Crippen molar-refractivity contribution in [2.24, 2.45) is 5.10 Å². The molecular weight excluding hydrogens is 366 g/mol. The van der Waals surface area contributed by atoms with E-state index in [0.717, 1.165) is 12.1 Å². The average Bonchev–Trinajstić information content (AvgIpc) is 3.02. The molecule has 0 aliphatic carbocycles.